The summed E-state index contributed by atoms with van der Waals surface area (Å²) in [5, 5.41) is 0. The summed E-state index contributed by atoms with van der Waals surface area (Å²) in [6.07, 6.45) is 0.743. The average molecular weight is 309 g/mol. The van der Waals surface area contributed by atoms with Gasteiger partial charge in [-0.2, -0.15) is 4.31 Å². The number of hydrogen-bond donors (Lipinski definition) is 0. The van der Waals surface area contributed by atoms with E-state index < -0.39 is 16.1 Å². The Labute approximate surface area is 127 Å². The number of rotatable bonds is 4. The number of carbonyl (C=O) groups excluding carboxylic acids is 1. The van der Waals surface area contributed by atoms with E-state index in [4.69, 9.17) is 0 Å². The van der Waals surface area contributed by atoms with Crippen molar-refractivity contribution in [2.75, 3.05) is 6.54 Å². The van der Waals surface area contributed by atoms with E-state index >= 15 is 0 Å². The fourth-order valence-corrected chi connectivity index (χ4v) is 4.80. The molecule has 0 aliphatic carbocycles. The van der Waals surface area contributed by atoms with Crippen molar-refractivity contribution in [1.82, 2.24) is 4.31 Å². The Kier molecular flexibility index (Phi) is 4.54. The maximum atomic E-state index is 12.8. The maximum absolute atomic E-state index is 12.8. The van der Waals surface area contributed by atoms with Gasteiger partial charge < -0.3 is 0 Å². The van der Waals surface area contributed by atoms with Gasteiger partial charge in [-0.15, -0.1) is 0 Å². The number of Topliss-reactive ketones (excluding diaryl/α,β-unsaturated/α-hetero) is 1. The first-order chi connectivity index (χ1) is 9.75. The van der Waals surface area contributed by atoms with Gasteiger partial charge in [0.2, 0.25) is 10.0 Å². The molecule has 2 rings (SSSR count). The number of hydrogen-bond acceptors (Lipinski definition) is 3. The molecule has 0 spiro atoms. The lowest BCUT2D eigenvalue weighted by atomic mass is 9.87. The highest BCUT2D eigenvalue weighted by molar-refractivity contribution is 7.89. The molecule has 0 unspecified atom stereocenters. The second kappa shape index (κ2) is 5.89. The average Bonchev–Trinajstić information content (AvgIpc) is 2.84. The van der Waals surface area contributed by atoms with Gasteiger partial charge in [0, 0.05) is 6.54 Å². The van der Waals surface area contributed by atoms with E-state index in [1.54, 1.807) is 24.3 Å². The van der Waals surface area contributed by atoms with Crippen LogP contribution in [0.5, 0.6) is 0 Å². The first-order valence-electron chi connectivity index (χ1n) is 7.34. The lowest BCUT2D eigenvalue weighted by molar-refractivity contribution is -0.121. The molecule has 1 fully saturated rings. The largest absolute Gasteiger partial charge is 0.298 e. The fraction of sp³-hybridized carbons (Fsp3) is 0.562. The number of benzene rings is 1. The van der Waals surface area contributed by atoms with Crippen molar-refractivity contribution < 1.29 is 13.2 Å². The van der Waals surface area contributed by atoms with Gasteiger partial charge in [0.25, 0.3) is 0 Å². The summed E-state index contributed by atoms with van der Waals surface area (Å²) in [7, 11) is -3.60. The monoisotopic (exact) mass is 309 g/mol. The summed E-state index contributed by atoms with van der Waals surface area (Å²) in [4.78, 5) is 12.3. The van der Waals surface area contributed by atoms with Crippen LogP contribution in [0.3, 0.4) is 0 Å². The lowest BCUT2D eigenvalue weighted by Gasteiger charge is -2.27. The zero-order valence-electron chi connectivity index (χ0n) is 13.0. The highest BCUT2D eigenvalue weighted by Gasteiger charge is 2.44. The van der Waals surface area contributed by atoms with Crippen molar-refractivity contribution in [3.63, 3.8) is 0 Å². The molecule has 1 aliphatic rings. The molecule has 5 heteroatoms. The van der Waals surface area contributed by atoms with Crippen LogP contribution in [0.15, 0.2) is 29.2 Å². The normalized spacial score (nSPS) is 23.7. The summed E-state index contributed by atoms with van der Waals surface area (Å²) < 4.78 is 27.0. The summed E-state index contributed by atoms with van der Waals surface area (Å²) in [6, 6.07) is 6.27. The number of carbonyl (C=O) groups is 1. The Morgan fingerprint density at radius 2 is 1.81 bits per heavy atom. The summed E-state index contributed by atoms with van der Waals surface area (Å²) in [5.41, 5.74) is 1.01. The van der Waals surface area contributed by atoms with Gasteiger partial charge in [-0.25, -0.2) is 8.42 Å². The molecule has 1 aromatic carbocycles. The van der Waals surface area contributed by atoms with Crippen LogP contribution in [0, 0.1) is 18.8 Å². The van der Waals surface area contributed by atoms with Crippen LogP contribution in [0.2, 0.25) is 0 Å². The smallest absolute Gasteiger partial charge is 0.243 e. The molecule has 1 saturated heterocycles. The lowest BCUT2D eigenvalue weighted by Crippen LogP contribution is -2.43. The second-order valence-corrected chi connectivity index (χ2v) is 8.07. The van der Waals surface area contributed by atoms with Gasteiger partial charge in [0.05, 0.1) is 10.9 Å². The van der Waals surface area contributed by atoms with E-state index in [2.05, 4.69) is 0 Å². The number of ketones is 1. The van der Waals surface area contributed by atoms with Gasteiger partial charge in [-0.1, -0.05) is 31.5 Å². The third-order valence-corrected chi connectivity index (χ3v) is 6.19. The molecule has 4 nitrogen and oxygen atoms in total. The standard InChI is InChI=1S/C16H23NO3S/c1-11(2)15-9-10-17(16(15)13(4)18)21(19,20)14-7-5-12(3)6-8-14/h5-8,11,15-16H,9-10H2,1-4H3/t15-,16+/m1/s1. The molecule has 1 aromatic rings. The number of aryl methyl sites for hydroxylation is 1. The van der Waals surface area contributed by atoms with Crippen molar-refractivity contribution in [2.24, 2.45) is 11.8 Å². The molecule has 2 atom stereocenters. The Morgan fingerprint density at radius 1 is 1.24 bits per heavy atom. The SMILES string of the molecule is CC(=O)[C@H]1[C@@H](C(C)C)CCN1S(=O)(=O)c1ccc(C)cc1. The quantitative estimate of drug-likeness (QED) is 0.859. The van der Waals surface area contributed by atoms with Gasteiger partial charge in [0.1, 0.15) is 5.78 Å². The van der Waals surface area contributed by atoms with Crippen molar-refractivity contribution in [1.29, 1.82) is 0 Å². The minimum absolute atomic E-state index is 0.0677. The van der Waals surface area contributed by atoms with Crippen LogP contribution >= 0.6 is 0 Å². The molecule has 0 N–H and O–H groups in total. The van der Waals surface area contributed by atoms with E-state index in [9.17, 15) is 13.2 Å². The topological polar surface area (TPSA) is 54.5 Å². The first-order valence-corrected chi connectivity index (χ1v) is 8.78. The Bertz CT molecular complexity index is 619. The highest BCUT2D eigenvalue weighted by Crippen LogP contribution is 2.35. The first kappa shape index (κ1) is 16.2. The number of nitrogens with zero attached hydrogens (tertiary/aromatic N) is 1. The van der Waals surface area contributed by atoms with E-state index in [1.807, 2.05) is 20.8 Å². The third-order valence-electron chi connectivity index (χ3n) is 4.30. The zero-order chi connectivity index (χ0) is 15.8. The molecular weight excluding hydrogens is 286 g/mol. The highest BCUT2D eigenvalue weighted by atomic mass is 32.2. The Morgan fingerprint density at radius 3 is 2.29 bits per heavy atom. The van der Waals surface area contributed by atoms with Crippen molar-refractivity contribution in [3.8, 4) is 0 Å². The van der Waals surface area contributed by atoms with E-state index in [1.165, 1.54) is 11.2 Å². The van der Waals surface area contributed by atoms with Crippen molar-refractivity contribution in [2.45, 2.75) is 45.1 Å². The van der Waals surface area contributed by atoms with Gasteiger partial charge in [-0.05, 0) is 44.2 Å². The van der Waals surface area contributed by atoms with Crippen LogP contribution in [0.25, 0.3) is 0 Å². The molecule has 0 aromatic heterocycles. The molecular formula is C16H23NO3S. The van der Waals surface area contributed by atoms with E-state index in [0.717, 1.165) is 12.0 Å². The molecule has 21 heavy (non-hydrogen) atoms. The molecule has 1 aliphatic heterocycles. The minimum Gasteiger partial charge on any atom is -0.298 e. The Balaban J connectivity index is 2.39. The third kappa shape index (κ3) is 3.04. The predicted molar refractivity (Wildman–Crippen MR) is 82.5 cm³/mol. The van der Waals surface area contributed by atoms with Crippen LogP contribution in [0.4, 0.5) is 0 Å². The van der Waals surface area contributed by atoms with Crippen LogP contribution in [-0.4, -0.2) is 31.1 Å². The van der Waals surface area contributed by atoms with Gasteiger partial charge >= 0.3 is 0 Å². The molecule has 0 saturated carbocycles. The Hall–Kier alpha value is -1.20. The second-order valence-electron chi connectivity index (χ2n) is 6.18. The van der Waals surface area contributed by atoms with Crippen LogP contribution < -0.4 is 0 Å². The van der Waals surface area contributed by atoms with E-state index in [0.29, 0.717) is 6.54 Å². The van der Waals surface area contributed by atoms with Crippen LogP contribution in [0.1, 0.15) is 32.8 Å². The van der Waals surface area contributed by atoms with Gasteiger partial charge in [0.15, 0.2) is 0 Å². The van der Waals surface area contributed by atoms with Crippen molar-refractivity contribution in [3.05, 3.63) is 29.8 Å². The zero-order valence-corrected chi connectivity index (χ0v) is 13.9. The molecule has 0 bridgehead atoms. The summed E-state index contributed by atoms with van der Waals surface area (Å²) in [6.45, 7) is 7.91. The molecule has 116 valence electrons. The fourth-order valence-electron chi connectivity index (χ4n) is 3.10. The summed E-state index contributed by atoms with van der Waals surface area (Å²) >= 11 is 0. The molecule has 1 heterocycles. The maximum Gasteiger partial charge on any atom is 0.243 e. The van der Waals surface area contributed by atoms with Gasteiger partial charge in [-0.3, -0.25) is 4.79 Å². The predicted octanol–water partition coefficient (Wildman–Crippen LogP) is 2.62. The van der Waals surface area contributed by atoms with Crippen LogP contribution in [-0.2, 0) is 14.8 Å². The minimum atomic E-state index is -3.60. The molecule has 0 radical (unpaired) electrons. The van der Waals surface area contributed by atoms with Crippen molar-refractivity contribution >= 4 is 15.8 Å². The van der Waals surface area contributed by atoms with E-state index in [-0.39, 0.29) is 22.5 Å². The molecule has 0 amide bonds. The summed E-state index contributed by atoms with van der Waals surface area (Å²) in [5.74, 6) is 0.321. The number of sulfonamides is 1.